The topological polar surface area (TPSA) is 99.0 Å². The first-order valence-corrected chi connectivity index (χ1v) is 10.4. The van der Waals surface area contributed by atoms with Crippen molar-refractivity contribution in [3.63, 3.8) is 0 Å². The fourth-order valence-electron chi connectivity index (χ4n) is 3.56. The third-order valence-corrected chi connectivity index (χ3v) is 5.22. The van der Waals surface area contributed by atoms with E-state index in [2.05, 4.69) is 55.3 Å². The predicted octanol–water partition coefficient (Wildman–Crippen LogP) is 4.33. The third-order valence-electron chi connectivity index (χ3n) is 5.22. The molecule has 8 nitrogen and oxygen atoms in total. The van der Waals surface area contributed by atoms with E-state index in [0.717, 1.165) is 28.1 Å². The molecule has 0 saturated carbocycles. The highest BCUT2D eigenvalue weighted by atomic mass is 16.5. The van der Waals surface area contributed by atoms with E-state index in [0.29, 0.717) is 49.7 Å². The number of rotatable bonds is 6. The van der Waals surface area contributed by atoms with Gasteiger partial charge in [-0.1, -0.05) is 12.7 Å². The first kappa shape index (κ1) is 21.3. The average Bonchev–Trinajstić information content (AvgIpc) is 2.82. The maximum atomic E-state index is 9.02. The molecule has 32 heavy (non-hydrogen) atoms. The summed E-state index contributed by atoms with van der Waals surface area (Å²) in [6, 6.07) is 13.4. The summed E-state index contributed by atoms with van der Waals surface area (Å²) >= 11 is 0. The van der Waals surface area contributed by atoms with Crippen molar-refractivity contribution >= 4 is 35.3 Å². The Kier molecular flexibility index (Phi) is 6.29. The second kappa shape index (κ2) is 9.45. The molecule has 0 spiro atoms. The van der Waals surface area contributed by atoms with Crippen LogP contribution in [0, 0.1) is 25.2 Å². The smallest absolute Gasteiger partial charge is 0.233 e. The molecule has 1 aromatic heterocycles. The van der Waals surface area contributed by atoms with E-state index in [1.165, 1.54) is 0 Å². The molecule has 1 aliphatic heterocycles. The quantitative estimate of drug-likeness (QED) is 0.600. The normalized spacial score (nSPS) is 13.3. The number of morpholine rings is 1. The van der Waals surface area contributed by atoms with E-state index in [-0.39, 0.29) is 0 Å². The molecule has 0 amide bonds. The van der Waals surface area contributed by atoms with Crippen LogP contribution in [0.5, 0.6) is 0 Å². The van der Waals surface area contributed by atoms with Gasteiger partial charge < -0.3 is 20.3 Å². The SMILES string of the molecule is C=Cc1cc(C)c(Nc2nc(Nc3ccc(C#N)cc3)nc(N3CCOCC3)n2)c(C)c1. The number of nitrogens with zero attached hydrogens (tertiary/aromatic N) is 5. The molecule has 8 heteroatoms. The second-order valence-corrected chi connectivity index (χ2v) is 7.56. The van der Waals surface area contributed by atoms with E-state index >= 15 is 0 Å². The summed E-state index contributed by atoms with van der Waals surface area (Å²) < 4.78 is 5.47. The van der Waals surface area contributed by atoms with E-state index in [9.17, 15) is 0 Å². The van der Waals surface area contributed by atoms with Crippen LogP contribution in [0.15, 0.2) is 43.0 Å². The lowest BCUT2D eigenvalue weighted by Gasteiger charge is -2.27. The van der Waals surface area contributed by atoms with Gasteiger partial charge in [-0.05, 0) is 66.9 Å². The van der Waals surface area contributed by atoms with E-state index in [4.69, 9.17) is 10.00 Å². The van der Waals surface area contributed by atoms with Gasteiger partial charge in [-0.25, -0.2) is 0 Å². The zero-order chi connectivity index (χ0) is 22.5. The van der Waals surface area contributed by atoms with Crippen molar-refractivity contribution in [2.24, 2.45) is 0 Å². The Labute approximate surface area is 187 Å². The number of nitriles is 1. The maximum Gasteiger partial charge on any atom is 0.233 e. The van der Waals surface area contributed by atoms with Gasteiger partial charge in [-0.15, -0.1) is 0 Å². The van der Waals surface area contributed by atoms with Crippen molar-refractivity contribution in [3.05, 3.63) is 65.2 Å². The molecular weight excluding hydrogens is 402 g/mol. The molecule has 4 rings (SSSR count). The summed E-state index contributed by atoms with van der Waals surface area (Å²) in [6.07, 6.45) is 1.84. The minimum absolute atomic E-state index is 0.423. The molecule has 0 atom stereocenters. The van der Waals surface area contributed by atoms with Gasteiger partial charge >= 0.3 is 0 Å². The standard InChI is InChI=1S/C24H25N7O/c1-4-18-13-16(2)21(17(3)14-18)27-23-28-22(26-20-7-5-19(15-25)6-8-20)29-24(30-23)31-9-11-32-12-10-31/h4-8,13-14H,1,9-12H2,2-3H3,(H2,26,27,28,29,30). The monoisotopic (exact) mass is 427 g/mol. The zero-order valence-corrected chi connectivity index (χ0v) is 18.2. The summed E-state index contributed by atoms with van der Waals surface area (Å²) in [7, 11) is 0. The summed E-state index contributed by atoms with van der Waals surface area (Å²) in [4.78, 5) is 16.0. The molecule has 0 bridgehead atoms. The Morgan fingerprint density at radius 2 is 1.62 bits per heavy atom. The molecule has 162 valence electrons. The average molecular weight is 428 g/mol. The summed E-state index contributed by atoms with van der Waals surface area (Å²) in [6.45, 7) is 10.6. The molecule has 2 heterocycles. The molecule has 0 radical (unpaired) electrons. The maximum absolute atomic E-state index is 9.02. The van der Waals surface area contributed by atoms with Crippen LogP contribution in [0.4, 0.5) is 29.2 Å². The van der Waals surface area contributed by atoms with Gasteiger partial charge in [-0.2, -0.15) is 20.2 Å². The van der Waals surface area contributed by atoms with E-state index in [1.54, 1.807) is 12.1 Å². The van der Waals surface area contributed by atoms with Crippen LogP contribution in [-0.2, 0) is 4.74 Å². The van der Waals surface area contributed by atoms with Crippen LogP contribution in [0.25, 0.3) is 6.08 Å². The van der Waals surface area contributed by atoms with Crippen LogP contribution in [0.2, 0.25) is 0 Å². The Morgan fingerprint density at radius 3 is 2.22 bits per heavy atom. The first-order valence-electron chi connectivity index (χ1n) is 10.4. The Morgan fingerprint density at radius 1 is 1.00 bits per heavy atom. The van der Waals surface area contributed by atoms with Crippen LogP contribution in [-0.4, -0.2) is 41.3 Å². The number of anilines is 5. The van der Waals surface area contributed by atoms with Gasteiger partial charge in [-0.3, -0.25) is 0 Å². The van der Waals surface area contributed by atoms with Crippen molar-refractivity contribution in [2.75, 3.05) is 41.8 Å². The predicted molar refractivity (Wildman–Crippen MR) is 127 cm³/mol. The largest absolute Gasteiger partial charge is 0.378 e. The summed E-state index contributed by atoms with van der Waals surface area (Å²) in [5, 5.41) is 15.6. The first-order chi connectivity index (χ1) is 15.6. The highest BCUT2D eigenvalue weighted by Gasteiger charge is 2.17. The number of hydrogen-bond acceptors (Lipinski definition) is 8. The number of ether oxygens (including phenoxy) is 1. The van der Waals surface area contributed by atoms with Crippen molar-refractivity contribution in [1.82, 2.24) is 15.0 Å². The zero-order valence-electron chi connectivity index (χ0n) is 18.2. The van der Waals surface area contributed by atoms with Gasteiger partial charge in [0.1, 0.15) is 0 Å². The van der Waals surface area contributed by atoms with Crippen molar-refractivity contribution in [3.8, 4) is 6.07 Å². The minimum atomic E-state index is 0.423. The molecule has 0 unspecified atom stereocenters. The summed E-state index contributed by atoms with van der Waals surface area (Å²) in [5.41, 5.74) is 5.57. The number of hydrogen-bond donors (Lipinski definition) is 2. The lowest BCUT2D eigenvalue weighted by Crippen LogP contribution is -2.37. The second-order valence-electron chi connectivity index (χ2n) is 7.56. The van der Waals surface area contributed by atoms with E-state index < -0.39 is 0 Å². The molecule has 2 aromatic carbocycles. The van der Waals surface area contributed by atoms with Crippen molar-refractivity contribution < 1.29 is 4.74 Å². The third kappa shape index (κ3) is 4.85. The molecule has 1 saturated heterocycles. The van der Waals surface area contributed by atoms with Gasteiger partial charge in [0.25, 0.3) is 0 Å². The fraction of sp³-hybridized carbons (Fsp3) is 0.250. The highest BCUT2D eigenvalue weighted by molar-refractivity contribution is 5.68. The lowest BCUT2D eigenvalue weighted by molar-refractivity contribution is 0.122. The van der Waals surface area contributed by atoms with Gasteiger partial charge in [0.2, 0.25) is 17.8 Å². The molecule has 3 aromatic rings. The lowest BCUT2D eigenvalue weighted by atomic mass is 10.0. The molecule has 1 fully saturated rings. The number of aromatic nitrogens is 3. The number of nitrogens with one attached hydrogen (secondary N) is 2. The van der Waals surface area contributed by atoms with Crippen LogP contribution < -0.4 is 15.5 Å². The fourth-order valence-corrected chi connectivity index (χ4v) is 3.56. The van der Waals surface area contributed by atoms with Gasteiger partial charge in [0.05, 0.1) is 24.8 Å². The Balaban J connectivity index is 1.68. The minimum Gasteiger partial charge on any atom is -0.378 e. The van der Waals surface area contributed by atoms with Crippen LogP contribution in [0.1, 0.15) is 22.3 Å². The number of aryl methyl sites for hydroxylation is 2. The Hall–Kier alpha value is -3.96. The van der Waals surface area contributed by atoms with Crippen molar-refractivity contribution in [1.29, 1.82) is 5.26 Å². The Bertz CT molecular complexity index is 1140. The molecule has 0 aliphatic carbocycles. The van der Waals surface area contributed by atoms with Crippen LogP contribution in [0.3, 0.4) is 0 Å². The molecule has 1 aliphatic rings. The summed E-state index contributed by atoms with van der Waals surface area (Å²) in [5.74, 6) is 1.46. The molecular formula is C24H25N7O. The number of benzene rings is 2. The van der Waals surface area contributed by atoms with Crippen LogP contribution >= 0.6 is 0 Å². The van der Waals surface area contributed by atoms with Gasteiger partial charge in [0, 0.05) is 24.5 Å². The van der Waals surface area contributed by atoms with Crippen molar-refractivity contribution in [2.45, 2.75) is 13.8 Å². The van der Waals surface area contributed by atoms with Gasteiger partial charge in [0.15, 0.2) is 0 Å². The van der Waals surface area contributed by atoms with E-state index in [1.807, 2.05) is 32.1 Å². The highest BCUT2D eigenvalue weighted by Crippen LogP contribution is 2.27. The molecule has 2 N–H and O–H groups in total.